The van der Waals surface area contributed by atoms with Crippen LogP contribution in [-0.2, 0) is 47.4 Å². The Labute approximate surface area is 207 Å². The van der Waals surface area contributed by atoms with E-state index in [1.54, 1.807) is 53.7 Å². The van der Waals surface area contributed by atoms with Gasteiger partial charge in [-0.3, -0.25) is 9.47 Å². The van der Waals surface area contributed by atoms with Gasteiger partial charge in [-0.25, -0.2) is 9.78 Å². The fourth-order valence-corrected chi connectivity index (χ4v) is 2.65. The quantitative estimate of drug-likeness (QED) is 0.215. The molecule has 1 aromatic rings. The molecular formula is C23H39NO11. The summed E-state index contributed by atoms with van der Waals surface area (Å²) in [5, 5.41) is 0. The molecule has 0 amide bonds. The van der Waals surface area contributed by atoms with Crippen molar-refractivity contribution in [3.05, 3.63) is 30.1 Å². The van der Waals surface area contributed by atoms with E-state index in [9.17, 15) is 4.79 Å². The van der Waals surface area contributed by atoms with Gasteiger partial charge in [-0.1, -0.05) is 6.07 Å². The lowest BCUT2D eigenvalue weighted by Crippen LogP contribution is -2.51. The smallest absolute Gasteiger partial charge is 0.361 e. The van der Waals surface area contributed by atoms with Crippen molar-refractivity contribution in [2.75, 3.05) is 27.9 Å². The first-order valence-corrected chi connectivity index (χ1v) is 11.2. The van der Waals surface area contributed by atoms with E-state index >= 15 is 0 Å². The molecule has 202 valence electrons. The maximum atomic E-state index is 13.0. The first kappa shape index (κ1) is 31.3. The number of hydrogen-bond acceptors (Lipinski definition) is 12. The highest BCUT2D eigenvalue weighted by molar-refractivity contribution is 5.87. The number of rotatable bonds is 18. The van der Waals surface area contributed by atoms with Crippen LogP contribution in [-0.4, -0.2) is 82.6 Å². The summed E-state index contributed by atoms with van der Waals surface area (Å²) in [5.74, 6) is -2.96. The zero-order chi connectivity index (χ0) is 26.4. The Hall–Kier alpha value is -1.74. The standard InChI is InChI=1S/C23H39NO11/c1-15(26-7)30-18(4)29-14-23(33-19(5)31-16(2)27-8,34-20(6)32-17(3)28-9)35-22(25)21-12-10-11-13-24-21/h10-13,15-20H,14H2,1-9H3. The predicted molar refractivity (Wildman–Crippen MR) is 122 cm³/mol. The molecule has 0 aliphatic heterocycles. The SMILES string of the molecule is COC(C)OC(C)OCC(OC(=O)c1ccccn1)(OC(C)OC(C)OC)OC(C)OC(C)OC. The van der Waals surface area contributed by atoms with Crippen molar-refractivity contribution >= 4 is 5.97 Å². The van der Waals surface area contributed by atoms with Gasteiger partial charge in [0.25, 0.3) is 0 Å². The van der Waals surface area contributed by atoms with Gasteiger partial charge in [-0.15, -0.1) is 0 Å². The molecule has 6 atom stereocenters. The van der Waals surface area contributed by atoms with Gasteiger partial charge in [0.05, 0.1) is 0 Å². The van der Waals surface area contributed by atoms with Crippen LogP contribution < -0.4 is 0 Å². The third-order valence-corrected chi connectivity index (χ3v) is 4.45. The molecule has 0 spiro atoms. The van der Waals surface area contributed by atoms with Crippen LogP contribution in [0.5, 0.6) is 0 Å². The molecule has 0 saturated heterocycles. The van der Waals surface area contributed by atoms with Crippen molar-refractivity contribution in [2.24, 2.45) is 0 Å². The summed E-state index contributed by atoms with van der Waals surface area (Å²) in [4.78, 5) is 17.0. The molecule has 0 saturated carbocycles. The second kappa shape index (κ2) is 16.1. The van der Waals surface area contributed by atoms with Gasteiger partial charge in [0.1, 0.15) is 12.3 Å². The second-order valence-electron chi connectivity index (χ2n) is 7.36. The molecule has 1 rings (SSSR count). The first-order chi connectivity index (χ1) is 16.5. The van der Waals surface area contributed by atoms with Gasteiger partial charge < -0.3 is 37.9 Å². The lowest BCUT2D eigenvalue weighted by atomic mass is 10.3. The maximum absolute atomic E-state index is 13.0. The van der Waals surface area contributed by atoms with Gasteiger partial charge >= 0.3 is 11.9 Å². The normalized spacial score (nSPS) is 18.7. The monoisotopic (exact) mass is 505 g/mol. The molecule has 0 fully saturated rings. The zero-order valence-electron chi connectivity index (χ0n) is 21.9. The van der Waals surface area contributed by atoms with E-state index in [4.69, 9.17) is 47.4 Å². The molecule has 0 N–H and O–H groups in total. The van der Waals surface area contributed by atoms with Crippen LogP contribution in [0.2, 0.25) is 0 Å². The van der Waals surface area contributed by atoms with E-state index < -0.39 is 56.3 Å². The average Bonchev–Trinajstić information content (AvgIpc) is 2.82. The van der Waals surface area contributed by atoms with Crippen LogP contribution in [0.4, 0.5) is 0 Å². The number of methoxy groups -OCH3 is 3. The number of ether oxygens (including phenoxy) is 10. The highest BCUT2D eigenvalue weighted by Crippen LogP contribution is 2.25. The molecule has 0 radical (unpaired) electrons. The summed E-state index contributed by atoms with van der Waals surface area (Å²) in [6.07, 6.45) is -3.06. The number of carbonyl (C=O) groups is 1. The largest absolute Gasteiger partial charge is 0.401 e. The summed E-state index contributed by atoms with van der Waals surface area (Å²) in [5.41, 5.74) is 0.0269. The fourth-order valence-electron chi connectivity index (χ4n) is 2.65. The molecule has 0 bridgehead atoms. The third kappa shape index (κ3) is 12.2. The molecule has 1 heterocycles. The van der Waals surface area contributed by atoms with Crippen LogP contribution in [0, 0.1) is 0 Å². The van der Waals surface area contributed by atoms with Crippen LogP contribution in [0.1, 0.15) is 52.0 Å². The van der Waals surface area contributed by atoms with Gasteiger partial charge in [0, 0.05) is 27.5 Å². The summed E-state index contributed by atoms with van der Waals surface area (Å²) >= 11 is 0. The second-order valence-corrected chi connectivity index (χ2v) is 7.36. The van der Waals surface area contributed by atoms with E-state index in [2.05, 4.69) is 4.98 Å². The van der Waals surface area contributed by atoms with E-state index in [-0.39, 0.29) is 5.69 Å². The number of aromatic nitrogens is 1. The van der Waals surface area contributed by atoms with Crippen LogP contribution in [0.15, 0.2) is 24.4 Å². The Morgan fingerprint density at radius 1 is 0.771 bits per heavy atom. The Kier molecular flexibility index (Phi) is 14.4. The molecule has 0 aliphatic rings. The number of hydrogen-bond donors (Lipinski definition) is 0. The molecule has 35 heavy (non-hydrogen) atoms. The van der Waals surface area contributed by atoms with Crippen molar-refractivity contribution < 1.29 is 52.2 Å². The maximum Gasteiger partial charge on any atom is 0.361 e. The van der Waals surface area contributed by atoms with Gasteiger partial charge in [0.15, 0.2) is 37.7 Å². The predicted octanol–water partition coefficient (Wildman–Crippen LogP) is 3.01. The van der Waals surface area contributed by atoms with Crippen LogP contribution in [0.3, 0.4) is 0 Å². The first-order valence-electron chi connectivity index (χ1n) is 11.2. The van der Waals surface area contributed by atoms with E-state index in [1.165, 1.54) is 33.6 Å². The van der Waals surface area contributed by atoms with Crippen LogP contribution in [0.25, 0.3) is 0 Å². The summed E-state index contributed by atoms with van der Waals surface area (Å²) in [6.45, 7) is 9.43. The van der Waals surface area contributed by atoms with Crippen LogP contribution >= 0.6 is 0 Å². The zero-order valence-corrected chi connectivity index (χ0v) is 21.9. The number of nitrogens with zero attached hydrogens (tertiary/aromatic N) is 1. The Morgan fingerprint density at radius 3 is 1.69 bits per heavy atom. The average molecular weight is 506 g/mol. The Balaban J connectivity index is 3.23. The van der Waals surface area contributed by atoms with Gasteiger partial charge in [-0.05, 0) is 53.7 Å². The van der Waals surface area contributed by atoms with Crippen molar-refractivity contribution in [3.63, 3.8) is 0 Å². The van der Waals surface area contributed by atoms with Gasteiger partial charge in [0.2, 0.25) is 0 Å². The number of carbonyl (C=O) groups excluding carboxylic acids is 1. The molecule has 1 aromatic heterocycles. The molecular weight excluding hydrogens is 466 g/mol. The number of esters is 1. The Morgan fingerprint density at radius 2 is 1.26 bits per heavy atom. The lowest BCUT2D eigenvalue weighted by Gasteiger charge is -2.37. The minimum absolute atomic E-state index is 0.0269. The van der Waals surface area contributed by atoms with Crippen molar-refractivity contribution in [1.82, 2.24) is 4.98 Å². The Bertz CT molecular complexity index is 688. The minimum atomic E-state index is -2.14. The topological polar surface area (TPSA) is 122 Å². The van der Waals surface area contributed by atoms with Crippen molar-refractivity contribution in [1.29, 1.82) is 0 Å². The molecule has 0 aromatic carbocycles. The van der Waals surface area contributed by atoms with E-state index in [0.717, 1.165) is 0 Å². The highest BCUT2D eigenvalue weighted by atomic mass is 16.9. The summed E-state index contributed by atoms with van der Waals surface area (Å²) in [6, 6.07) is 4.80. The lowest BCUT2D eigenvalue weighted by molar-refractivity contribution is -0.453. The molecule has 12 nitrogen and oxygen atoms in total. The summed E-state index contributed by atoms with van der Waals surface area (Å²) < 4.78 is 55.4. The molecule has 12 heteroatoms. The minimum Gasteiger partial charge on any atom is -0.401 e. The molecule has 0 aliphatic carbocycles. The number of pyridine rings is 1. The summed E-state index contributed by atoms with van der Waals surface area (Å²) in [7, 11) is 4.45. The van der Waals surface area contributed by atoms with Gasteiger partial charge in [-0.2, -0.15) is 0 Å². The van der Waals surface area contributed by atoms with Crippen molar-refractivity contribution in [2.45, 2.75) is 85.3 Å². The van der Waals surface area contributed by atoms with Crippen molar-refractivity contribution in [3.8, 4) is 0 Å². The third-order valence-electron chi connectivity index (χ3n) is 4.45. The highest BCUT2D eigenvalue weighted by Gasteiger charge is 2.44. The van der Waals surface area contributed by atoms with E-state index in [0.29, 0.717) is 0 Å². The van der Waals surface area contributed by atoms with E-state index in [1.807, 2.05) is 0 Å². The fraction of sp³-hybridized carbons (Fsp3) is 0.739. The molecule has 6 unspecified atom stereocenters.